The van der Waals surface area contributed by atoms with Gasteiger partial charge in [0.15, 0.2) is 0 Å². The second-order valence-electron chi connectivity index (χ2n) is 8.54. The minimum atomic E-state index is -0.107. The minimum Gasteiger partial charge on any atom is -0.387 e. The third-order valence-corrected chi connectivity index (χ3v) is 5.53. The summed E-state index contributed by atoms with van der Waals surface area (Å²) >= 11 is 1.91. The standard InChI is InChI=1S/C17H31N3OS/c1-16(2,3)19-14(18)7-8-22-13-10-15(21)20(17(4,5)6)12-9-11(12)13/h11-13H,7-10H2,1-6H3,(H2,18,19). The van der Waals surface area contributed by atoms with Crippen molar-refractivity contribution >= 4 is 23.5 Å². The van der Waals surface area contributed by atoms with Gasteiger partial charge < -0.3 is 10.6 Å². The molecule has 5 heteroatoms. The van der Waals surface area contributed by atoms with Crippen LogP contribution in [0.1, 0.15) is 60.8 Å². The Morgan fingerprint density at radius 3 is 2.50 bits per heavy atom. The van der Waals surface area contributed by atoms with Crippen LogP contribution < -0.4 is 5.73 Å². The number of fused-ring (bicyclic) bond motifs is 1. The molecule has 2 rings (SSSR count). The third kappa shape index (κ3) is 4.40. The Morgan fingerprint density at radius 1 is 1.32 bits per heavy atom. The fraction of sp³-hybridized carbons (Fsp3) is 0.882. The highest BCUT2D eigenvalue weighted by Crippen LogP contribution is 2.50. The molecule has 1 heterocycles. The Bertz CT molecular complexity index is 462. The van der Waals surface area contributed by atoms with E-state index in [-0.39, 0.29) is 11.1 Å². The molecule has 1 aliphatic heterocycles. The zero-order valence-corrected chi connectivity index (χ0v) is 15.7. The number of carbonyl (C=O) groups is 1. The molecule has 2 fully saturated rings. The molecule has 3 unspecified atom stereocenters. The second-order valence-corrected chi connectivity index (χ2v) is 9.89. The lowest BCUT2D eigenvalue weighted by atomic mass is 10.0. The lowest BCUT2D eigenvalue weighted by Gasteiger charge is -2.40. The predicted molar refractivity (Wildman–Crippen MR) is 95.3 cm³/mol. The first-order chi connectivity index (χ1) is 9.99. The van der Waals surface area contributed by atoms with Crippen LogP contribution in [-0.2, 0) is 4.79 Å². The number of nitrogens with zero attached hydrogens (tertiary/aromatic N) is 2. The van der Waals surface area contributed by atoms with E-state index in [1.807, 2.05) is 11.8 Å². The molecule has 0 aromatic carbocycles. The predicted octanol–water partition coefficient (Wildman–Crippen LogP) is 3.05. The second kappa shape index (κ2) is 6.06. The summed E-state index contributed by atoms with van der Waals surface area (Å²) < 4.78 is 0. The number of hydrogen-bond donors (Lipinski definition) is 1. The largest absolute Gasteiger partial charge is 0.387 e. The zero-order valence-electron chi connectivity index (χ0n) is 14.8. The van der Waals surface area contributed by atoms with Crippen molar-refractivity contribution in [3.8, 4) is 0 Å². The first kappa shape index (κ1) is 17.6. The van der Waals surface area contributed by atoms with Gasteiger partial charge in [-0.25, -0.2) is 0 Å². The summed E-state index contributed by atoms with van der Waals surface area (Å²) in [5.41, 5.74) is 5.84. The van der Waals surface area contributed by atoms with Gasteiger partial charge in [-0.2, -0.15) is 11.8 Å². The van der Waals surface area contributed by atoms with E-state index in [1.165, 1.54) is 6.42 Å². The molecule has 1 saturated carbocycles. The molecular weight excluding hydrogens is 294 g/mol. The Labute approximate surface area is 139 Å². The quantitative estimate of drug-likeness (QED) is 0.638. The molecular formula is C17H31N3OS. The molecule has 0 radical (unpaired) electrons. The number of aliphatic imine (C=N–C) groups is 1. The first-order valence-corrected chi connectivity index (χ1v) is 9.32. The Balaban J connectivity index is 1.83. The monoisotopic (exact) mass is 325 g/mol. The molecule has 22 heavy (non-hydrogen) atoms. The van der Waals surface area contributed by atoms with Gasteiger partial charge in [0.1, 0.15) is 0 Å². The Hall–Kier alpha value is -0.710. The van der Waals surface area contributed by atoms with Crippen molar-refractivity contribution in [3.63, 3.8) is 0 Å². The van der Waals surface area contributed by atoms with Crippen LogP contribution in [0, 0.1) is 5.92 Å². The number of hydrogen-bond acceptors (Lipinski definition) is 3. The van der Waals surface area contributed by atoms with Crippen LogP contribution >= 0.6 is 11.8 Å². The van der Waals surface area contributed by atoms with Crippen molar-refractivity contribution in [2.24, 2.45) is 16.6 Å². The van der Waals surface area contributed by atoms with Gasteiger partial charge in [-0.1, -0.05) is 0 Å². The van der Waals surface area contributed by atoms with Crippen molar-refractivity contribution in [3.05, 3.63) is 0 Å². The first-order valence-electron chi connectivity index (χ1n) is 8.27. The summed E-state index contributed by atoms with van der Waals surface area (Å²) in [6.07, 6.45) is 2.67. The molecule has 0 aromatic heterocycles. The molecule has 1 aliphatic carbocycles. The maximum absolute atomic E-state index is 12.4. The molecule has 3 atom stereocenters. The van der Waals surface area contributed by atoms with E-state index < -0.39 is 0 Å². The zero-order chi connectivity index (χ0) is 16.7. The Morgan fingerprint density at radius 2 is 1.95 bits per heavy atom. The van der Waals surface area contributed by atoms with Gasteiger partial charge in [-0.3, -0.25) is 9.79 Å². The number of amidine groups is 1. The highest BCUT2D eigenvalue weighted by Gasteiger charge is 2.55. The molecule has 0 bridgehead atoms. The maximum Gasteiger partial charge on any atom is 0.224 e. The van der Waals surface area contributed by atoms with E-state index in [0.29, 0.717) is 29.5 Å². The van der Waals surface area contributed by atoms with E-state index in [1.54, 1.807) is 0 Å². The summed E-state index contributed by atoms with van der Waals surface area (Å²) in [5.74, 6) is 2.69. The summed E-state index contributed by atoms with van der Waals surface area (Å²) in [5, 5.41) is 0.471. The van der Waals surface area contributed by atoms with Gasteiger partial charge in [-0.05, 0) is 53.9 Å². The molecule has 0 spiro atoms. The molecule has 1 amide bonds. The Kier molecular flexibility index (Phi) is 4.86. The van der Waals surface area contributed by atoms with E-state index in [2.05, 4.69) is 51.4 Å². The van der Waals surface area contributed by atoms with Crippen LogP contribution in [0.3, 0.4) is 0 Å². The van der Waals surface area contributed by atoms with E-state index in [4.69, 9.17) is 5.73 Å². The summed E-state index contributed by atoms with van der Waals surface area (Å²) in [4.78, 5) is 19.0. The van der Waals surface area contributed by atoms with Crippen molar-refractivity contribution in [2.75, 3.05) is 5.75 Å². The summed E-state index contributed by atoms with van der Waals surface area (Å²) in [7, 11) is 0. The lowest BCUT2D eigenvalue weighted by Crippen LogP contribution is -2.51. The minimum absolute atomic E-state index is 0.0457. The van der Waals surface area contributed by atoms with Gasteiger partial charge in [-0.15, -0.1) is 0 Å². The van der Waals surface area contributed by atoms with Crippen molar-refractivity contribution in [1.82, 2.24) is 4.90 Å². The molecule has 4 nitrogen and oxygen atoms in total. The van der Waals surface area contributed by atoms with E-state index in [9.17, 15) is 4.79 Å². The van der Waals surface area contributed by atoms with Crippen molar-refractivity contribution in [1.29, 1.82) is 0 Å². The molecule has 1 saturated heterocycles. The van der Waals surface area contributed by atoms with Gasteiger partial charge in [0, 0.05) is 35.4 Å². The number of rotatable bonds is 4. The highest BCUT2D eigenvalue weighted by molar-refractivity contribution is 7.99. The normalized spacial score (nSPS) is 29.5. The maximum atomic E-state index is 12.4. The molecule has 2 N–H and O–H groups in total. The average molecular weight is 326 g/mol. The molecule has 2 aliphatic rings. The number of piperidine rings is 1. The number of nitrogens with two attached hydrogens (primary N) is 1. The van der Waals surface area contributed by atoms with Crippen LogP contribution in [0.2, 0.25) is 0 Å². The third-order valence-electron chi connectivity index (χ3n) is 4.15. The average Bonchev–Trinajstić information content (AvgIpc) is 3.03. The van der Waals surface area contributed by atoms with Crippen LogP contribution in [0.25, 0.3) is 0 Å². The highest BCUT2D eigenvalue weighted by atomic mass is 32.2. The fourth-order valence-corrected chi connectivity index (χ4v) is 4.79. The molecule has 126 valence electrons. The number of carbonyl (C=O) groups excluding carboxylic acids is 1. The van der Waals surface area contributed by atoms with Crippen LogP contribution in [0.15, 0.2) is 4.99 Å². The van der Waals surface area contributed by atoms with Crippen LogP contribution in [-0.4, -0.2) is 44.8 Å². The fourth-order valence-electron chi connectivity index (χ4n) is 3.36. The van der Waals surface area contributed by atoms with E-state index in [0.717, 1.165) is 18.0 Å². The number of likely N-dealkylation sites (tertiary alicyclic amines) is 1. The number of thioether (sulfide) groups is 1. The smallest absolute Gasteiger partial charge is 0.224 e. The summed E-state index contributed by atoms with van der Waals surface area (Å²) in [6.45, 7) is 12.6. The molecule has 0 aromatic rings. The number of amides is 1. The lowest BCUT2D eigenvalue weighted by molar-refractivity contribution is -0.138. The van der Waals surface area contributed by atoms with Gasteiger partial charge in [0.05, 0.1) is 11.4 Å². The summed E-state index contributed by atoms with van der Waals surface area (Å²) in [6, 6.07) is 0.472. The van der Waals surface area contributed by atoms with Gasteiger partial charge in [0.25, 0.3) is 0 Å². The van der Waals surface area contributed by atoms with Gasteiger partial charge >= 0.3 is 0 Å². The van der Waals surface area contributed by atoms with Crippen molar-refractivity contribution in [2.45, 2.75) is 83.2 Å². The van der Waals surface area contributed by atoms with Crippen molar-refractivity contribution < 1.29 is 4.79 Å². The van der Waals surface area contributed by atoms with Gasteiger partial charge in [0.2, 0.25) is 5.91 Å². The van der Waals surface area contributed by atoms with E-state index >= 15 is 0 Å². The topological polar surface area (TPSA) is 58.7 Å². The van der Waals surface area contributed by atoms with Crippen LogP contribution in [0.5, 0.6) is 0 Å². The SMILES string of the molecule is CC(C)(C)N=C(N)CCSC1CC(=O)N(C(C)(C)C)C2CC12. The van der Waals surface area contributed by atoms with Crippen LogP contribution in [0.4, 0.5) is 0 Å².